The number of hydrogen-bond donors (Lipinski definition) is 2. The first-order valence-corrected chi connectivity index (χ1v) is 11.9. The summed E-state index contributed by atoms with van der Waals surface area (Å²) >= 11 is 0. The third-order valence-corrected chi connectivity index (χ3v) is 5.01. The summed E-state index contributed by atoms with van der Waals surface area (Å²) in [5, 5.41) is 5.59. The van der Waals surface area contributed by atoms with Gasteiger partial charge in [0.25, 0.3) is 5.91 Å². The maximum Gasteiger partial charge on any atom is 0.408 e. The number of nitrogens with one attached hydrogen (secondary N) is 2. The van der Waals surface area contributed by atoms with Crippen molar-refractivity contribution in [2.75, 3.05) is 0 Å². The summed E-state index contributed by atoms with van der Waals surface area (Å²) in [4.78, 5) is 41.0. The molecule has 0 bridgehead atoms. The Morgan fingerprint density at radius 1 is 1.00 bits per heavy atom. The minimum atomic E-state index is -1.10. The average molecular weight is 492 g/mol. The van der Waals surface area contributed by atoms with E-state index in [9.17, 15) is 14.4 Å². The lowest BCUT2D eigenvalue weighted by molar-refractivity contribution is -0.139. The van der Waals surface area contributed by atoms with E-state index < -0.39 is 41.1 Å². The maximum atomic E-state index is 13.9. The molecule has 2 aromatic rings. The SMILES string of the molecule is C#CN(C(=O)C(Cc1ccccc1)NC(=O)OC(C)(C)C)C(C(=O)NC(C)(C)C)c1cccc(C)c1. The Bertz CT molecular complexity index is 1110. The van der Waals surface area contributed by atoms with E-state index in [1.165, 1.54) is 0 Å². The van der Waals surface area contributed by atoms with Crippen LogP contribution in [0.5, 0.6) is 0 Å². The van der Waals surface area contributed by atoms with E-state index in [4.69, 9.17) is 11.2 Å². The summed E-state index contributed by atoms with van der Waals surface area (Å²) < 4.78 is 5.39. The lowest BCUT2D eigenvalue weighted by Crippen LogP contribution is -2.53. The number of nitrogens with zero attached hydrogens (tertiary/aromatic N) is 1. The van der Waals surface area contributed by atoms with Gasteiger partial charge in [-0.05, 0) is 59.6 Å². The standard InChI is InChI=1S/C29H37N3O4/c1-9-32(24(25(33)31-28(3,4)5)22-17-13-14-20(2)18-22)26(34)23(19-21-15-11-10-12-16-21)30-27(35)36-29(6,7)8/h1,10-18,23-24H,19H2,2-8H3,(H,30,35)(H,31,33). The molecule has 2 aromatic carbocycles. The molecule has 0 aliphatic rings. The monoisotopic (exact) mass is 491 g/mol. The van der Waals surface area contributed by atoms with Gasteiger partial charge in [-0.15, -0.1) is 0 Å². The number of alkyl carbamates (subject to hydrolysis) is 1. The zero-order valence-corrected chi connectivity index (χ0v) is 22.2. The van der Waals surface area contributed by atoms with Crippen molar-refractivity contribution in [1.29, 1.82) is 0 Å². The Hall–Kier alpha value is -3.79. The van der Waals surface area contributed by atoms with Crippen molar-refractivity contribution in [2.24, 2.45) is 0 Å². The zero-order valence-electron chi connectivity index (χ0n) is 22.2. The number of aryl methyl sites for hydroxylation is 1. The Balaban J connectivity index is 2.49. The Kier molecular flexibility index (Phi) is 9.29. The Morgan fingerprint density at radius 3 is 2.17 bits per heavy atom. The van der Waals surface area contributed by atoms with E-state index in [1.807, 2.05) is 76.2 Å². The van der Waals surface area contributed by atoms with E-state index in [-0.39, 0.29) is 6.42 Å². The van der Waals surface area contributed by atoms with E-state index >= 15 is 0 Å². The molecule has 0 saturated carbocycles. The molecule has 3 amide bonds. The second-order valence-electron chi connectivity index (χ2n) is 10.8. The molecular formula is C29H37N3O4. The minimum absolute atomic E-state index is 0.165. The third kappa shape index (κ3) is 8.77. The van der Waals surface area contributed by atoms with E-state index in [0.29, 0.717) is 5.56 Å². The van der Waals surface area contributed by atoms with Crippen LogP contribution in [0.25, 0.3) is 0 Å². The topological polar surface area (TPSA) is 87.7 Å². The van der Waals surface area contributed by atoms with Crippen LogP contribution in [0.4, 0.5) is 4.79 Å². The van der Waals surface area contributed by atoms with Crippen LogP contribution in [0.2, 0.25) is 0 Å². The molecular weight excluding hydrogens is 454 g/mol. The Morgan fingerprint density at radius 2 is 1.64 bits per heavy atom. The van der Waals surface area contributed by atoms with Crippen LogP contribution in [0.1, 0.15) is 64.3 Å². The van der Waals surface area contributed by atoms with Gasteiger partial charge in [0.15, 0.2) is 0 Å². The van der Waals surface area contributed by atoms with Crippen molar-refractivity contribution in [3.05, 3.63) is 71.3 Å². The minimum Gasteiger partial charge on any atom is -0.444 e. The summed E-state index contributed by atoms with van der Waals surface area (Å²) in [6.45, 7) is 12.6. The predicted molar refractivity (Wildman–Crippen MR) is 141 cm³/mol. The summed E-state index contributed by atoms with van der Waals surface area (Å²) in [5.41, 5.74) is 0.986. The highest BCUT2D eigenvalue weighted by atomic mass is 16.6. The van der Waals surface area contributed by atoms with Crippen molar-refractivity contribution in [2.45, 2.75) is 78.1 Å². The highest BCUT2D eigenvalue weighted by Crippen LogP contribution is 2.24. The molecule has 7 heteroatoms. The molecule has 2 atom stereocenters. The van der Waals surface area contributed by atoms with Gasteiger partial charge < -0.3 is 15.4 Å². The van der Waals surface area contributed by atoms with E-state index in [2.05, 4.69) is 16.7 Å². The fraction of sp³-hybridized carbons (Fsp3) is 0.414. The zero-order chi connectivity index (χ0) is 27.1. The quantitative estimate of drug-likeness (QED) is 0.441. The normalized spacial score (nSPS) is 13.1. The second kappa shape index (κ2) is 11.8. The van der Waals surface area contributed by atoms with Crippen molar-refractivity contribution < 1.29 is 19.1 Å². The fourth-order valence-corrected chi connectivity index (χ4v) is 3.63. The third-order valence-electron chi connectivity index (χ3n) is 5.01. The van der Waals surface area contributed by atoms with Crippen LogP contribution < -0.4 is 10.6 Å². The first-order chi connectivity index (χ1) is 16.7. The van der Waals surface area contributed by atoms with Gasteiger partial charge in [0.2, 0.25) is 5.91 Å². The fourth-order valence-electron chi connectivity index (χ4n) is 3.63. The lowest BCUT2D eigenvalue weighted by atomic mass is 9.98. The number of carbonyl (C=O) groups excluding carboxylic acids is 3. The number of carbonyl (C=O) groups is 3. The molecule has 2 N–H and O–H groups in total. The molecule has 36 heavy (non-hydrogen) atoms. The van der Waals surface area contributed by atoms with Gasteiger partial charge >= 0.3 is 6.09 Å². The van der Waals surface area contributed by atoms with E-state index in [1.54, 1.807) is 26.8 Å². The molecule has 7 nitrogen and oxygen atoms in total. The molecule has 2 unspecified atom stereocenters. The number of benzene rings is 2. The molecule has 0 fully saturated rings. The van der Waals surface area contributed by atoms with Crippen molar-refractivity contribution >= 4 is 17.9 Å². The van der Waals surface area contributed by atoms with Gasteiger partial charge in [0, 0.05) is 18.0 Å². The maximum absolute atomic E-state index is 13.9. The van der Waals surface area contributed by atoms with Gasteiger partial charge in [-0.3, -0.25) is 14.5 Å². The molecule has 0 saturated heterocycles. The number of rotatable bonds is 7. The first-order valence-electron chi connectivity index (χ1n) is 11.9. The van der Waals surface area contributed by atoms with Crippen LogP contribution in [0, 0.1) is 19.4 Å². The van der Waals surface area contributed by atoms with Gasteiger partial charge in [-0.25, -0.2) is 4.79 Å². The molecule has 192 valence electrons. The largest absolute Gasteiger partial charge is 0.444 e. The van der Waals surface area contributed by atoms with Gasteiger partial charge in [0.05, 0.1) is 0 Å². The van der Waals surface area contributed by atoms with Crippen molar-refractivity contribution in [1.82, 2.24) is 15.5 Å². The number of terminal acetylenes is 1. The van der Waals surface area contributed by atoms with Crippen LogP contribution in [0.15, 0.2) is 54.6 Å². The molecule has 0 spiro atoms. The summed E-state index contributed by atoms with van der Waals surface area (Å²) in [6.07, 6.45) is 5.26. The molecule has 0 aliphatic carbocycles. The van der Waals surface area contributed by atoms with Crippen LogP contribution >= 0.6 is 0 Å². The van der Waals surface area contributed by atoms with Crippen LogP contribution in [-0.4, -0.2) is 40.0 Å². The van der Waals surface area contributed by atoms with E-state index in [0.717, 1.165) is 16.0 Å². The number of amides is 3. The summed E-state index contributed by atoms with van der Waals surface area (Å²) in [5.74, 6) is -1.02. The Labute approximate surface area is 214 Å². The molecule has 2 rings (SSSR count). The van der Waals surface area contributed by atoms with Crippen molar-refractivity contribution in [3.8, 4) is 12.5 Å². The molecule has 0 aliphatic heterocycles. The average Bonchev–Trinajstić information content (AvgIpc) is 2.74. The molecule has 0 radical (unpaired) electrons. The smallest absolute Gasteiger partial charge is 0.408 e. The van der Waals surface area contributed by atoms with Gasteiger partial charge in [0.1, 0.15) is 17.7 Å². The predicted octanol–water partition coefficient (Wildman–Crippen LogP) is 4.51. The number of ether oxygens (including phenoxy) is 1. The summed E-state index contributed by atoms with van der Waals surface area (Å²) in [6, 6.07) is 16.8. The highest BCUT2D eigenvalue weighted by Gasteiger charge is 2.37. The number of hydrogen-bond acceptors (Lipinski definition) is 4. The van der Waals surface area contributed by atoms with Gasteiger partial charge in [-0.2, -0.15) is 0 Å². The van der Waals surface area contributed by atoms with Crippen LogP contribution in [-0.2, 0) is 20.7 Å². The van der Waals surface area contributed by atoms with Crippen molar-refractivity contribution in [3.63, 3.8) is 0 Å². The van der Waals surface area contributed by atoms with Crippen LogP contribution in [0.3, 0.4) is 0 Å². The van der Waals surface area contributed by atoms with Gasteiger partial charge in [-0.1, -0.05) is 66.6 Å². The summed E-state index contributed by atoms with van der Waals surface area (Å²) in [7, 11) is 0. The second-order valence-corrected chi connectivity index (χ2v) is 10.8. The molecule has 0 heterocycles. The first kappa shape index (κ1) is 28.4. The molecule has 0 aromatic heterocycles. The highest BCUT2D eigenvalue weighted by molar-refractivity contribution is 5.93. The lowest BCUT2D eigenvalue weighted by Gasteiger charge is -2.32.